The number of hydrogen-bond donors (Lipinski definition) is 0. The molecule has 1 saturated heterocycles. The van der Waals surface area contributed by atoms with E-state index in [0.717, 1.165) is 32.7 Å². The van der Waals surface area contributed by atoms with Gasteiger partial charge >= 0.3 is 5.97 Å². The van der Waals surface area contributed by atoms with Crippen molar-refractivity contribution < 1.29 is 14.3 Å². The maximum Gasteiger partial charge on any atom is 0.337 e. The minimum atomic E-state index is -0.288. The number of nitrogens with zero attached hydrogens (tertiary/aromatic N) is 1. The third-order valence-electron chi connectivity index (χ3n) is 3.58. The second-order valence-electron chi connectivity index (χ2n) is 4.80. The molecular formula is C15H21NO3. The molecule has 1 fully saturated rings. The highest BCUT2D eigenvalue weighted by Crippen LogP contribution is 2.15. The highest BCUT2D eigenvalue weighted by Gasteiger charge is 2.21. The molecule has 1 aliphatic heterocycles. The quantitative estimate of drug-likeness (QED) is 0.780. The van der Waals surface area contributed by atoms with Gasteiger partial charge in [0, 0.05) is 19.1 Å². The van der Waals surface area contributed by atoms with Crippen LogP contribution >= 0.6 is 0 Å². The number of morpholine rings is 1. The minimum absolute atomic E-state index is 0.288. The van der Waals surface area contributed by atoms with Crippen LogP contribution in [0.25, 0.3) is 0 Å². The fraction of sp³-hybridized carbons (Fsp3) is 0.533. The second kappa shape index (κ2) is 6.68. The van der Waals surface area contributed by atoms with Crippen molar-refractivity contribution >= 4 is 5.97 Å². The van der Waals surface area contributed by atoms with E-state index in [1.807, 2.05) is 24.3 Å². The van der Waals surface area contributed by atoms with Gasteiger partial charge in [0.25, 0.3) is 0 Å². The van der Waals surface area contributed by atoms with Crippen molar-refractivity contribution in [2.45, 2.75) is 25.9 Å². The number of hydrogen-bond acceptors (Lipinski definition) is 4. The lowest BCUT2D eigenvalue weighted by molar-refractivity contribution is -0.0127. The molecular weight excluding hydrogens is 242 g/mol. The van der Waals surface area contributed by atoms with Crippen LogP contribution in [0.4, 0.5) is 0 Å². The molecule has 0 spiro atoms. The molecule has 1 heterocycles. The molecule has 1 aromatic rings. The molecule has 0 aliphatic carbocycles. The van der Waals surface area contributed by atoms with E-state index in [9.17, 15) is 4.79 Å². The Kier molecular flexibility index (Phi) is 4.93. The summed E-state index contributed by atoms with van der Waals surface area (Å²) in [7, 11) is 1.40. The Morgan fingerprint density at radius 3 is 2.79 bits per heavy atom. The summed E-state index contributed by atoms with van der Waals surface area (Å²) in [6.45, 7) is 5.68. The van der Waals surface area contributed by atoms with E-state index in [0.29, 0.717) is 11.6 Å². The van der Waals surface area contributed by atoms with Crippen LogP contribution in [0, 0.1) is 0 Å². The Labute approximate surface area is 114 Å². The van der Waals surface area contributed by atoms with Gasteiger partial charge < -0.3 is 9.47 Å². The minimum Gasteiger partial charge on any atom is -0.465 e. The summed E-state index contributed by atoms with van der Waals surface area (Å²) in [5.74, 6) is -0.288. The maximum absolute atomic E-state index is 11.4. The zero-order chi connectivity index (χ0) is 13.7. The van der Waals surface area contributed by atoms with Crippen molar-refractivity contribution in [1.82, 2.24) is 4.90 Å². The molecule has 104 valence electrons. The Hall–Kier alpha value is -1.39. The van der Waals surface area contributed by atoms with Crippen LogP contribution in [0.2, 0.25) is 0 Å². The number of esters is 1. The number of carbonyl (C=O) groups is 1. The van der Waals surface area contributed by atoms with Crippen molar-refractivity contribution in [2.75, 3.05) is 26.9 Å². The van der Waals surface area contributed by atoms with Gasteiger partial charge in [-0.15, -0.1) is 0 Å². The third kappa shape index (κ3) is 3.55. The summed E-state index contributed by atoms with van der Waals surface area (Å²) < 4.78 is 10.2. The van der Waals surface area contributed by atoms with E-state index in [2.05, 4.69) is 11.8 Å². The molecule has 0 aromatic heterocycles. The first-order chi connectivity index (χ1) is 9.24. The predicted molar refractivity (Wildman–Crippen MR) is 73.1 cm³/mol. The summed E-state index contributed by atoms with van der Waals surface area (Å²) in [4.78, 5) is 13.8. The molecule has 1 unspecified atom stereocenters. The van der Waals surface area contributed by atoms with E-state index in [1.54, 1.807) is 0 Å². The molecule has 19 heavy (non-hydrogen) atoms. The fourth-order valence-electron chi connectivity index (χ4n) is 2.37. The molecule has 0 bridgehead atoms. The SMILES string of the molecule is CCC1COCCN1Cc1ccc(C(=O)OC)cc1. The molecule has 0 saturated carbocycles. The van der Waals surface area contributed by atoms with Gasteiger partial charge in [-0.1, -0.05) is 19.1 Å². The van der Waals surface area contributed by atoms with Crippen LogP contribution in [-0.2, 0) is 16.0 Å². The number of rotatable bonds is 4. The molecule has 4 nitrogen and oxygen atoms in total. The summed E-state index contributed by atoms with van der Waals surface area (Å²) in [6.07, 6.45) is 1.10. The zero-order valence-corrected chi connectivity index (χ0v) is 11.6. The van der Waals surface area contributed by atoms with E-state index >= 15 is 0 Å². The van der Waals surface area contributed by atoms with Crippen LogP contribution in [0.15, 0.2) is 24.3 Å². The largest absolute Gasteiger partial charge is 0.465 e. The van der Waals surface area contributed by atoms with E-state index < -0.39 is 0 Å². The lowest BCUT2D eigenvalue weighted by Crippen LogP contribution is -2.44. The lowest BCUT2D eigenvalue weighted by Gasteiger charge is -2.35. The summed E-state index contributed by atoms with van der Waals surface area (Å²) >= 11 is 0. The smallest absolute Gasteiger partial charge is 0.337 e. The van der Waals surface area contributed by atoms with E-state index in [-0.39, 0.29) is 5.97 Å². The molecule has 0 radical (unpaired) electrons. The van der Waals surface area contributed by atoms with E-state index in [1.165, 1.54) is 12.7 Å². The van der Waals surface area contributed by atoms with Crippen molar-refractivity contribution in [3.8, 4) is 0 Å². The average Bonchev–Trinajstić information content (AvgIpc) is 2.48. The standard InChI is InChI=1S/C15H21NO3/c1-3-14-11-19-9-8-16(14)10-12-4-6-13(7-5-12)15(17)18-2/h4-7,14H,3,8-11H2,1-2H3. The van der Waals surface area contributed by atoms with Gasteiger partial charge in [0.2, 0.25) is 0 Å². The van der Waals surface area contributed by atoms with Crippen molar-refractivity contribution in [3.63, 3.8) is 0 Å². The number of carbonyl (C=O) groups excluding carboxylic acids is 1. The molecule has 4 heteroatoms. The summed E-state index contributed by atoms with van der Waals surface area (Å²) in [6, 6.07) is 8.13. The molecule has 1 aromatic carbocycles. The monoisotopic (exact) mass is 263 g/mol. The number of ether oxygens (including phenoxy) is 2. The van der Waals surface area contributed by atoms with Crippen LogP contribution in [-0.4, -0.2) is 43.8 Å². The van der Waals surface area contributed by atoms with Crippen LogP contribution < -0.4 is 0 Å². The van der Waals surface area contributed by atoms with Gasteiger partial charge in [-0.2, -0.15) is 0 Å². The highest BCUT2D eigenvalue weighted by atomic mass is 16.5. The highest BCUT2D eigenvalue weighted by molar-refractivity contribution is 5.89. The van der Waals surface area contributed by atoms with Gasteiger partial charge in [-0.3, -0.25) is 4.90 Å². The normalized spacial score (nSPS) is 20.2. The van der Waals surface area contributed by atoms with Crippen LogP contribution in [0.1, 0.15) is 29.3 Å². The Bertz CT molecular complexity index is 416. The molecule has 0 amide bonds. The Morgan fingerprint density at radius 2 is 2.16 bits per heavy atom. The first-order valence-electron chi connectivity index (χ1n) is 6.73. The summed E-state index contributed by atoms with van der Waals surface area (Å²) in [5, 5.41) is 0. The van der Waals surface area contributed by atoms with Gasteiger partial charge in [0.15, 0.2) is 0 Å². The topological polar surface area (TPSA) is 38.8 Å². The zero-order valence-electron chi connectivity index (χ0n) is 11.6. The average molecular weight is 263 g/mol. The maximum atomic E-state index is 11.4. The van der Waals surface area contributed by atoms with Crippen LogP contribution in [0.5, 0.6) is 0 Å². The number of methoxy groups -OCH3 is 1. The molecule has 2 rings (SSSR count). The van der Waals surface area contributed by atoms with Crippen molar-refractivity contribution in [2.24, 2.45) is 0 Å². The third-order valence-corrected chi connectivity index (χ3v) is 3.58. The lowest BCUT2D eigenvalue weighted by atomic mass is 10.1. The van der Waals surface area contributed by atoms with Gasteiger partial charge in [-0.25, -0.2) is 4.79 Å². The molecule has 0 N–H and O–H groups in total. The van der Waals surface area contributed by atoms with Crippen molar-refractivity contribution in [3.05, 3.63) is 35.4 Å². The molecule has 1 aliphatic rings. The summed E-state index contributed by atoms with van der Waals surface area (Å²) in [5.41, 5.74) is 1.81. The van der Waals surface area contributed by atoms with Crippen LogP contribution in [0.3, 0.4) is 0 Å². The van der Waals surface area contributed by atoms with Gasteiger partial charge in [0.1, 0.15) is 0 Å². The Morgan fingerprint density at radius 1 is 1.42 bits per heavy atom. The Balaban J connectivity index is 2.00. The van der Waals surface area contributed by atoms with Crippen molar-refractivity contribution in [1.29, 1.82) is 0 Å². The van der Waals surface area contributed by atoms with E-state index in [4.69, 9.17) is 9.47 Å². The fourth-order valence-corrected chi connectivity index (χ4v) is 2.37. The number of benzene rings is 1. The first-order valence-corrected chi connectivity index (χ1v) is 6.73. The predicted octanol–water partition coefficient (Wildman–Crippen LogP) is 2.08. The van der Waals surface area contributed by atoms with Gasteiger partial charge in [0.05, 0.1) is 25.9 Å². The second-order valence-corrected chi connectivity index (χ2v) is 4.80. The first kappa shape index (κ1) is 14.0. The molecule has 1 atom stereocenters. The van der Waals surface area contributed by atoms with Gasteiger partial charge in [-0.05, 0) is 24.1 Å².